The number of nitrogens with zero attached hydrogens (tertiary/aromatic N) is 2. The van der Waals surface area contributed by atoms with Gasteiger partial charge in [-0.3, -0.25) is 0 Å². The highest BCUT2D eigenvalue weighted by atomic mass is 79.9. The summed E-state index contributed by atoms with van der Waals surface area (Å²) in [4.78, 5) is 4.60. The summed E-state index contributed by atoms with van der Waals surface area (Å²) in [7, 11) is 0. The lowest BCUT2D eigenvalue weighted by Crippen LogP contribution is -2.17. The molecule has 0 radical (unpaired) electrons. The Morgan fingerprint density at radius 3 is 3.00 bits per heavy atom. The molecule has 0 bridgehead atoms. The highest BCUT2D eigenvalue weighted by Crippen LogP contribution is 2.31. The summed E-state index contributed by atoms with van der Waals surface area (Å²) >= 11 is 3.60. The van der Waals surface area contributed by atoms with Gasteiger partial charge in [0.05, 0.1) is 0 Å². The van der Waals surface area contributed by atoms with Crippen LogP contribution in [0.4, 0.5) is 0 Å². The predicted molar refractivity (Wildman–Crippen MR) is 72.8 cm³/mol. The topological polar surface area (TPSA) is 17.8 Å². The van der Waals surface area contributed by atoms with Gasteiger partial charge in [-0.05, 0) is 24.8 Å². The van der Waals surface area contributed by atoms with E-state index in [4.69, 9.17) is 0 Å². The molecule has 2 heterocycles. The maximum atomic E-state index is 4.60. The average Bonchev–Trinajstić information content (AvgIpc) is 2.72. The van der Waals surface area contributed by atoms with Crippen molar-refractivity contribution in [3.8, 4) is 11.4 Å². The molecule has 3 rings (SSSR count). The second-order valence-electron chi connectivity index (χ2n) is 4.80. The van der Waals surface area contributed by atoms with Crippen LogP contribution in [0.15, 0.2) is 34.9 Å². The zero-order valence-electron chi connectivity index (χ0n) is 9.86. The van der Waals surface area contributed by atoms with E-state index in [2.05, 4.69) is 50.6 Å². The van der Waals surface area contributed by atoms with E-state index in [0.29, 0.717) is 0 Å². The Bertz CT molecular complexity index is 545. The van der Waals surface area contributed by atoms with E-state index in [1.807, 2.05) is 12.3 Å². The first kappa shape index (κ1) is 11.0. The summed E-state index contributed by atoms with van der Waals surface area (Å²) in [5, 5.41) is 0. The Kier molecular flexibility index (Phi) is 2.79. The third kappa shape index (κ3) is 1.93. The van der Waals surface area contributed by atoms with Gasteiger partial charge >= 0.3 is 0 Å². The highest BCUT2D eigenvalue weighted by Gasteiger charge is 2.19. The van der Waals surface area contributed by atoms with E-state index in [0.717, 1.165) is 29.2 Å². The molecule has 17 heavy (non-hydrogen) atoms. The molecule has 2 nitrogen and oxygen atoms in total. The van der Waals surface area contributed by atoms with Crippen LogP contribution in [-0.4, -0.2) is 9.55 Å². The first-order valence-corrected chi connectivity index (χ1v) is 6.84. The van der Waals surface area contributed by atoms with Gasteiger partial charge < -0.3 is 4.57 Å². The lowest BCUT2D eigenvalue weighted by atomic mass is 9.98. The molecule has 1 aromatic carbocycles. The van der Waals surface area contributed by atoms with E-state index >= 15 is 0 Å². The van der Waals surface area contributed by atoms with Crippen LogP contribution in [0.2, 0.25) is 0 Å². The van der Waals surface area contributed by atoms with Crippen molar-refractivity contribution >= 4 is 15.9 Å². The van der Waals surface area contributed by atoms with E-state index in [9.17, 15) is 0 Å². The van der Waals surface area contributed by atoms with Crippen LogP contribution in [0, 0.1) is 5.92 Å². The predicted octanol–water partition coefficient (Wildman–Crippen LogP) is 3.89. The Labute approximate surface area is 110 Å². The third-order valence-corrected chi connectivity index (χ3v) is 4.15. The summed E-state index contributed by atoms with van der Waals surface area (Å²) in [6, 6.07) is 8.29. The summed E-state index contributed by atoms with van der Waals surface area (Å²) < 4.78 is 3.48. The maximum Gasteiger partial charge on any atom is 0.141 e. The normalized spacial score (nSPS) is 19.1. The van der Waals surface area contributed by atoms with Gasteiger partial charge in [0, 0.05) is 28.5 Å². The Morgan fingerprint density at radius 1 is 1.35 bits per heavy atom. The number of aromatic nitrogens is 2. The minimum Gasteiger partial charge on any atom is -0.328 e. The molecule has 0 fully saturated rings. The van der Waals surface area contributed by atoms with Gasteiger partial charge in [0.25, 0.3) is 0 Å². The van der Waals surface area contributed by atoms with Crippen LogP contribution >= 0.6 is 15.9 Å². The summed E-state index contributed by atoms with van der Waals surface area (Å²) in [5.41, 5.74) is 2.56. The molecule has 2 aromatic rings. The standard InChI is InChI=1S/C14H15BrN2/c1-10-6-7-17-11(8-10)9-16-14(17)12-4-2-3-5-13(12)15/h2-5,9-10H,6-8H2,1H3. The molecule has 88 valence electrons. The average molecular weight is 291 g/mol. The van der Waals surface area contributed by atoms with E-state index in [1.165, 1.54) is 17.7 Å². The summed E-state index contributed by atoms with van der Waals surface area (Å²) in [5.74, 6) is 1.88. The molecular weight excluding hydrogens is 276 g/mol. The van der Waals surface area contributed by atoms with Gasteiger partial charge in [-0.15, -0.1) is 0 Å². The largest absolute Gasteiger partial charge is 0.328 e. The van der Waals surface area contributed by atoms with E-state index < -0.39 is 0 Å². The van der Waals surface area contributed by atoms with Crippen LogP contribution in [0.25, 0.3) is 11.4 Å². The van der Waals surface area contributed by atoms with Gasteiger partial charge in [0.15, 0.2) is 0 Å². The summed E-state index contributed by atoms with van der Waals surface area (Å²) in [6.07, 6.45) is 4.43. The van der Waals surface area contributed by atoms with Crippen molar-refractivity contribution < 1.29 is 0 Å². The highest BCUT2D eigenvalue weighted by molar-refractivity contribution is 9.10. The van der Waals surface area contributed by atoms with Crippen LogP contribution in [0.1, 0.15) is 19.0 Å². The zero-order chi connectivity index (χ0) is 11.8. The molecule has 0 aliphatic carbocycles. The number of hydrogen-bond donors (Lipinski definition) is 0. The van der Waals surface area contributed by atoms with Crippen molar-refractivity contribution in [3.63, 3.8) is 0 Å². The van der Waals surface area contributed by atoms with Gasteiger partial charge in [0.2, 0.25) is 0 Å². The molecule has 1 aromatic heterocycles. The lowest BCUT2D eigenvalue weighted by Gasteiger charge is -2.22. The minimum atomic E-state index is 0.784. The molecule has 3 heteroatoms. The van der Waals surface area contributed by atoms with Crippen molar-refractivity contribution in [1.29, 1.82) is 0 Å². The van der Waals surface area contributed by atoms with Crippen LogP contribution in [0.5, 0.6) is 0 Å². The van der Waals surface area contributed by atoms with E-state index in [1.54, 1.807) is 0 Å². The quantitative estimate of drug-likeness (QED) is 0.779. The fraction of sp³-hybridized carbons (Fsp3) is 0.357. The third-order valence-electron chi connectivity index (χ3n) is 3.46. The van der Waals surface area contributed by atoms with Crippen LogP contribution in [0.3, 0.4) is 0 Å². The number of halogens is 1. The van der Waals surface area contributed by atoms with Crippen molar-refractivity contribution in [2.45, 2.75) is 26.3 Å². The molecule has 0 N–H and O–H groups in total. The first-order valence-electron chi connectivity index (χ1n) is 6.05. The molecule has 1 aliphatic heterocycles. The minimum absolute atomic E-state index is 0.784. The molecule has 1 aliphatic rings. The molecule has 1 unspecified atom stereocenters. The van der Waals surface area contributed by atoms with Gasteiger partial charge in [-0.2, -0.15) is 0 Å². The van der Waals surface area contributed by atoms with E-state index in [-0.39, 0.29) is 0 Å². The number of benzene rings is 1. The van der Waals surface area contributed by atoms with Gasteiger partial charge in [-0.25, -0.2) is 4.98 Å². The molecule has 0 saturated carbocycles. The SMILES string of the molecule is CC1CCn2c(cnc2-c2ccccc2Br)C1. The van der Waals surface area contributed by atoms with Crippen LogP contribution in [-0.2, 0) is 13.0 Å². The Morgan fingerprint density at radius 2 is 2.18 bits per heavy atom. The van der Waals surface area contributed by atoms with Crippen molar-refractivity contribution in [2.24, 2.45) is 5.92 Å². The smallest absolute Gasteiger partial charge is 0.141 e. The first-order chi connectivity index (χ1) is 8.25. The second-order valence-corrected chi connectivity index (χ2v) is 5.66. The molecule has 0 amide bonds. The molecule has 0 saturated heterocycles. The monoisotopic (exact) mass is 290 g/mol. The zero-order valence-corrected chi connectivity index (χ0v) is 11.4. The summed E-state index contributed by atoms with van der Waals surface area (Å²) in [6.45, 7) is 3.40. The van der Waals surface area contributed by atoms with Gasteiger partial charge in [-0.1, -0.05) is 41.1 Å². The van der Waals surface area contributed by atoms with Crippen molar-refractivity contribution in [1.82, 2.24) is 9.55 Å². The number of hydrogen-bond acceptors (Lipinski definition) is 1. The lowest BCUT2D eigenvalue weighted by molar-refractivity contribution is 0.419. The van der Waals surface area contributed by atoms with Crippen molar-refractivity contribution in [3.05, 3.63) is 40.6 Å². The molecular formula is C14H15BrN2. The van der Waals surface area contributed by atoms with Crippen LogP contribution < -0.4 is 0 Å². The Balaban J connectivity index is 2.09. The number of imidazole rings is 1. The molecule has 0 spiro atoms. The van der Waals surface area contributed by atoms with Gasteiger partial charge in [0.1, 0.15) is 5.82 Å². The number of fused-ring (bicyclic) bond motifs is 1. The molecule has 1 atom stereocenters. The maximum absolute atomic E-state index is 4.60. The number of rotatable bonds is 1. The fourth-order valence-corrected chi connectivity index (χ4v) is 2.95. The van der Waals surface area contributed by atoms with Crippen molar-refractivity contribution in [2.75, 3.05) is 0 Å². The Hall–Kier alpha value is -1.09. The fourth-order valence-electron chi connectivity index (χ4n) is 2.49. The second kappa shape index (κ2) is 4.30.